The fourth-order valence-corrected chi connectivity index (χ4v) is 3.56. The van der Waals surface area contributed by atoms with Gasteiger partial charge < -0.3 is 9.30 Å². The minimum absolute atomic E-state index is 0.298. The van der Waals surface area contributed by atoms with Crippen molar-refractivity contribution in [2.75, 3.05) is 6.54 Å². The van der Waals surface area contributed by atoms with E-state index in [9.17, 15) is 4.79 Å². The summed E-state index contributed by atoms with van der Waals surface area (Å²) in [4.78, 5) is 18.7. The Balaban J connectivity index is 1.53. The number of hydrogen-bond acceptors (Lipinski definition) is 2. The highest BCUT2D eigenvalue weighted by Crippen LogP contribution is 2.22. The molecule has 128 valence electrons. The van der Waals surface area contributed by atoms with E-state index in [4.69, 9.17) is 0 Å². The molecule has 3 aromatic rings. The smallest absolute Gasteiger partial charge is 0.222 e. The van der Waals surface area contributed by atoms with Crippen LogP contribution < -0.4 is 0 Å². The number of carbonyl (C=O) groups excluding carboxylic acids is 1. The summed E-state index contributed by atoms with van der Waals surface area (Å²) in [5.41, 5.74) is 4.43. The average molecular weight is 333 g/mol. The third-order valence-electron chi connectivity index (χ3n) is 4.97. The van der Waals surface area contributed by atoms with E-state index < -0.39 is 0 Å². The average Bonchev–Trinajstić information content (AvgIpc) is 3.11. The van der Waals surface area contributed by atoms with Gasteiger partial charge in [-0.25, -0.2) is 4.98 Å². The monoisotopic (exact) mass is 333 g/mol. The van der Waals surface area contributed by atoms with Crippen molar-refractivity contribution in [3.8, 4) is 11.3 Å². The Morgan fingerprint density at radius 2 is 1.80 bits per heavy atom. The molecule has 1 aromatic carbocycles. The highest BCUT2D eigenvalue weighted by molar-refractivity contribution is 5.76. The van der Waals surface area contributed by atoms with E-state index in [1.165, 1.54) is 18.4 Å². The van der Waals surface area contributed by atoms with E-state index in [-0.39, 0.29) is 0 Å². The zero-order valence-corrected chi connectivity index (χ0v) is 14.4. The third kappa shape index (κ3) is 3.43. The van der Waals surface area contributed by atoms with Gasteiger partial charge >= 0.3 is 0 Å². The highest BCUT2D eigenvalue weighted by Gasteiger charge is 2.15. The summed E-state index contributed by atoms with van der Waals surface area (Å²) < 4.78 is 2.09. The van der Waals surface area contributed by atoms with Gasteiger partial charge in [0.2, 0.25) is 5.91 Å². The zero-order valence-electron chi connectivity index (χ0n) is 14.4. The van der Waals surface area contributed by atoms with E-state index in [0.29, 0.717) is 18.9 Å². The summed E-state index contributed by atoms with van der Waals surface area (Å²) in [6.07, 6.45) is 9.14. The second kappa shape index (κ2) is 7.09. The van der Waals surface area contributed by atoms with Crippen molar-refractivity contribution < 1.29 is 4.79 Å². The number of benzene rings is 1. The number of likely N-dealkylation sites (tertiary alicyclic amines) is 1. The molecule has 0 saturated carbocycles. The predicted molar refractivity (Wildman–Crippen MR) is 99.1 cm³/mol. The molecule has 0 bridgehead atoms. The molecule has 4 nitrogen and oxygen atoms in total. The van der Waals surface area contributed by atoms with Crippen molar-refractivity contribution in [1.82, 2.24) is 14.3 Å². The highest BCUT2D eigenvalue weighted by atomic mass is 16.2. The molecule has 1 aliphatic heterocycles. The molecule has 1 saturated heterocycles. The fourth-order valence-electron chi connectivity index (χ4n) is 3.56. The molecule has 1 amide bonds. The van der Waals surface area contributed by atoms with Gasteiger partial charge in [0.05, 0.1) is 5.69 Å². The summed E-state index contributed by atoms with van der Waals surface area (Å²) in [5.74, 6) is 0.298. The van der Waals surface area contributed by atoms with Crippen molar-refractivity contribution in [2.45, 2.75) is 38.6 Å². The van der Waals surface area contributed by atoms with Crippen LogP contribution in [0.5, 0.6) is 0 Å². The van der Waals surface area contributed by atoms with Crippen LogP contribution in [-0.4, -0.2) is 26.7 Å². The van der Waals surface area contributed by atoms with E-state index >= 15 is 0 Å². The Kier molecular flexibility index (Phi) is 4.51. The molecule has 4 rings (SSSR count). The molecule has 1 aliphatic rings. The molecule has 1 fully saturated rings. The third-order valence-corrected chi connectivity index (χ3v) is 4.97. The van der Waals surface area contributed by atoms with Crippen molar-refractivity contribution in [3.63, 3.8) is 0 Å². The Morgan fingerprint density at radius 3 is 2.68 bits per heavy atom. The summed E-state index contributed by atoms with van der Waals surface area (Å²) in [5, 5.41) is 0. The van der Waals surface area contributed by atoms with Crippen LogP contribution in [0.1, 0.15) is 37.7 Å². The summed E-state index contributed by atoms with van der Waals surface area (Å²) in [6.45, 7) is 1.60. The Hall–Kier alpha value is -2.62. The van der Waals surface area contributed by atoms with Crippen LogP contribution >= 0.6 is 0 Å². The summed E-state index contributed by atoms with van der Waals surface area (Å²) in [7, 11) is 0. The second-order valence-electron chi connectivity index (χ2n) is 6.74. The fraction of sp³-hybridized carbons (Fsp3) is 0.333. The summed E-state index contributed by atoms with van der Waals surface area (Å²) >= 11 is 0. The lowest BCUT2D eigenvalue weighted by atomic mass is 10.1. The maximum absolute atomic E-state index is 12.3. The van der Waals surface area contributed by atoms with Gasteiger partial charge in [0.25, 0.3) is 0 Å². The molecule has 0 N–H and O–H groups in total. The maximum atomic E-state index is 12.3. The molecular weight excluding hydrogens is 310 g/mol. The van der Waals surface area contributed by atoms with Crippen molar-refractivity contribution in [3.05, 3.63) is 60.4 Å². The van der Waals surface area contributed by atoms with Gasteiger partial charge in [-0.3, -0.25) is 4.79 Å². The van der Waals surface area contributed by atoms with Crippen LogP contribution in [-0.2, 0) is 11.3 Å². The number of rotatable bonds is 3. The Labute approximate surface area is 148 Å². The number of amides is 1. The molecule has 0 unspecified atom stereocenters. The number of carbonyl (C=O) groups is 1. The number of nitrogens with zero attached hydrogens (tertiary/aromatic N) is 3. The van der Waals surface area contributed by atoms with E-state index in [1.807, 2.05) is 35.5 Å². The normalized spacial score (nSPS) is 16.0. The quantitative estimate of drug-likeness (QED) is 0.717. The van der Waals surface area contributed by atoms with Crippen LogP contribution in [0.15, 0.2) is 54.9 Å². The topological polar surface area (TPSA) is 37.6 Å². The van der Waals surface area contributed by atoms with E-state index in [0.717, 1.165) is 36.3 Å². The first-order chi connectivity index (χ1) is 12.3. The van der Waals surface area contributed by atoms with E-state index in [1.54, 1.807) is 0 Å². The summed E-state index contributed by atoms with van der Waals surface area (Å²) in [6, 6.07) is 14.6. The molecule has 2 aromatic heterocycles. The first-order valence-electron chi connectivity index (χ1n) is 9.10. The van der Waals surface area contributed by atoms with Crippen molar-refractivity contribution >= 4 is 11.6 Å². The van der Waals surface area contributed by atoms with Crippen molar-refractivity contribution in [1.29, 1.82) is 0 Å². The van der Waals surface area contributed by atoms with Gasteiger partial charge in [-0.2, -0.15) is 0 Å². The number of hydrogen-bond donors (Lipinski definition) is 0. The molecule has 0 radical (unpaired) electrons. The van der Waals surface area contributed by atoms with Crippen LogP contribution in [0.2, 0.25) is 0 Å². The minimum Gasteiger partial charge on any atom is -0.338 e. The Bertz CT molecular complexity index is 866. The van der Waals surface area contributed by atoms with Gasteiger partial charge in [-0.05, 0) is 42.2 Å². The maximum Gasteiger partial charge on any atom is 0.222 e. The van der Waals surface area contributed by atoms with Crippen LogP contribution in [0.4, 0.5) is 0 Å². The van der Waals surface area contributed by atoms with Crippen LogP contribution in [0, 0.1) is 0 Å². The molecule has 0 spiro atoms. The van der Waals surface area contributed by atoms with Gasteiger partial charge in [0, 0.05) is 31.9 Å². The number of fused-ring (bicyclic) bond motifs is 1. The molecule has 3 heterocycles. The van der Waals surface area contributed by atoms with Gasteiger partial charge in [-0.15, -0.1) is 0 Å². The van der Waals surface area contributed by atoms with Gasteiger partial charge in [0.1, 0.15) is 5.65 Å². The first kappa shape index (κ1) is 15.9. The standard InChI is InChI=1S/C21H23N3O/c25-21-7-3-1-2-4-14-23(21)16-17-8-10-18(11-9-17)19-12-13-22-20-6-5-15-24(19)20/h5-6,8-13,15H,1-4,7,14,16H2. The largest absolute Gasteiger partial charge is 0.338 e. The van der Waals surface area contributed by atoms with Gasteiger partial charge in [0.15, 0.2) is 0 Å². The Morgan fingerprint density at radius 1 is 0.960 bits per heavy atom. The molecule has 0 atom stereocenters. The number of aromatic nitrogens is 2. The van der Waals surface area contributed by atoms with Crippen LogP contribution in [0.25, 0.3) is 16.9 Å². The molecule has 25 heavy (non-hydrogen) atoms. The molecule has 4 heteroatoms. The zero-order chi connectivity index (χ0) is 17.1. The molecule has 0 aliphatic carbocycles. The lowest BCUT2D eigenvalue weighted by molar-refractivity contribution is -0.132. The van der Waals surface area contributed by atoms with Crippen LogP contribution in [0.3, 0.4) is 0 Å². The van der Waals surface area contributed by atoms with Crippen molar-refractivity contribution in [2.24, 2.45) is 0 Å². The second-order valence-corrected chi connectivity index (χ2v) is 6.74. The first-order valence-corrected chi connectivity index (χ1v) is 9.10. The van der Waals surface area contributed by atoms with E-state index in [2.05, 4.69) is 33.7 Å². The predicted octanol–water partition coefficient (Wildman–Crippen LogP) is 4.29. The SMILES string of the molecule is O=C1CCCCCCN1Cc1ccc(-c2ccnc3cccn23)cc1. The van der Waals surface area contributed by atoms with Gasteiger partial charge in [-0.1, -0.05) is 37.1 Å². The lowest BCUT2D eigenvalue weighted by Gasteiger charge is -2.25. The molecular formula is C21H23N3O. The minimum atomic E-state index is 0.298. The lowest BCUT2D eigenvalue weighted by Crippen LogP contribution is -2.32.